The Morgan fingerprint density at radius 3 is 2.65 bits per heavy atom. The zero-order chi connectivity index (χ0) is 12.6. The average molecular weight is 236 g/mol. The summed E-state index contributed by atoms with van der Waals surface area (Å²) in [5.41, 5.74) is 0.413. The van der Waals surface area contributed by atoms with Crippen LogP contribution in [0, 0.1) is 25.5 Å². The standard InChI is InChI=1S/C12H10F2N2O/c1-6-7(2)16-12(17)11(15-6)8-4-3-5-9(13)10(8)14/h3-5H,1-2H3,(H,16,17). The van der Waals surface area contributed by atoms with Gasteiger partial charge in [-0.2, -0.15) is 0 Å². The second-order valence-corrected chi connectivity index (χ2v) is 3.73. The molecule has 88 valence electrons. The first-order valence-electron chi connectivity index (χ1n) is 5.02. The van der Waals surface area contributed by atoms with Gasteiger partial charge in [-0.3, -0.25) is 4.79 Å². The Hall–Kier alpha value is -2.04. The topological polar surface area (TPSA) is 45.8 Å². The van der Waals surface area contributed by atoms with Gasteiger partial charge in [0.2, 0.25) is 0 Å². The van der Waals surface area contributed by atoms with Gasteiger partial charge in [0, 0.05) is 11.3 Å². The molecule has 0 amide bonds. The van der Waals surface area contributed by atoms with E-state index in [0.29, 0.717) is 11.4 Å². The van der Waals surface area contributed by atoms with Crippen molar-refractivity contribution in [1.29, 1.82) is 0 Å². The molecule has 0 radical (unpaired) electrons. The molecular formula is C12H10F2N2O. The molecule has 0 bridgehead atoms. The Balaban J connectivity index is 2.73. The van der Waals surface area contributed by atoms with Gasteiger partial charge in [0.1, 0.15) is 5.69 Å². The maximum Gasteiger partial charge on any atom is 0.274 e. The van der Waals surface area contributed by atoms with Gasteiger partial charge in [-0.15, -0.1) is 0 Å². The van der Waals surface area contributed by atoms with E-state index in [9.17, 15) is 13.6 Å². The van der Waals surface area contributed by atoms with Crippen LogP contribution in [-0.4, -0.2) is 9.97 Å². The van der Waals surface area contributed by atoms with E-state index in [2.05, 4.69) is 9.97 Å². The van der Waals surface area contributed by atoms with E-state index in [0.717, 1.165) is 6.07 Å². The summed E-state index contributed by atoms with van der Waals surface area (Å²) in [6.07, 6.45) is 0. The maximum atomic E-state index is 13.5. The number of rotatable bonds is 1. The van der Waals surface area contributed by atoms with Crippen LogP contribution in [0.25, 0.3) is 11.3 Å². The van der Waals surface area contributed by atoms with Crippen LogP contribution in [0.1, 0.15) is 11.4 Å². The van der Waals surface area contributed by atoms with E-state index in [-0.39, 0.29) is 11.3 Å². The molecule has 0 fully saturated rings. The van der Waals surface area contributed by atoms with E-state index >= 15 is 0 Å². The van der Waals surface area contributed by atoms with Crippen molar-refractivity contribution in [2.24, 2.45) is 0 Å². The van der Waals surface area contributed by atoms with Gasteiger partial charge in [-0.1, -0.05) is 6.07 Å². The molecule has 2 rings (SSSR count). The Kier molecular flexibility index (Phi) is 2.75. The van der Waals surface area contributed by atoms with Crippen molar-refractivity contribution in [3.63, 3.8) is 0 Å². The Morgan fingerprint density at radius 2 is 1.94 bits per heavy atom. The van der Waals surface area contributed by atoms with Gasteiger partial charge in [0.05, 0.1) is 5.69 Å². The smallest absolute Gasteiger partial charge is 0.274 e. The second-order valence-electron chi connectivity index (χ2n) is 3.73. The van der Waals surface area contributed by atoms with Crippen molar-refractivity contribution in [2.45, 2.75) is 13.8 Å². The van der Waals surface area contributed by atoms with Crippen molar-refractivity contribution in [1.82, 2.24) is 9.97 Å². The van der Waals surface area contributed by atoms with Crippen LogP contribution in [0.2, 0.25) is 0 Å². The first-order chi connectivity index (χ1) is 8.00. The lowest BCUT2D eigenvalue weighted by atomic mass is 10.1. The Bertz CT molecular complexity index is 635. The zero-order valence-electron chi connectivity index (χ0n) is 9.34. The van der Waals surface area contributed by atoms with E-state index < -0.39 is 17.2 Å². The number of nitrogens with zero attached hydrogens (tertiary/aromatic N) is 1. The number of halogens is 2. The number of aromatic amines is 1. The molecule has 0 saturated heterocycles. The lowest BCUT2D eigenvalue weighted by molar-refractivity contribution is 0.510. The molecule has 0 aliphatic carbocycles. The number of aromatic nitrogens is 2. The normalized spacial score (nSPS) is 10.6. The number of nitrogens with one attached hydrogen (secondary N) is 1. The second kappa shape index (κ2) is 4.08. The Morgan fingerprint density at radius 1 is 1.24 bits per heavy atom. The molecule has 1 aromatic carbocycles. The van der Waals surface area contributed by atoms with Gasteiger partial charge >= 0.3 is 0 Å². The number of benzene rings is 1. The van der Waals surface area contributed by atoms with Gasteiger partial charge in [-0.05, 0) is 26.0 Å². The van der Waals surface area contributed by atoms with Crippen molar-refractivity contribution in [2.75, 3.05) is 0 Å². The predicted molar refractivity (Wildman–Crippen MR) is 59.7 cm³/mol. The molecule has 1 N–H and O–H groups in total. The van der Waals surface area contributed by atoms with Crippen molar-refractivity contribution >= 4 is 0 Å². The molecule has 1 heterocycles. The number of aryl methyl sites for hydroxylation is 2. The molecule has 1 aromatic heterocycles. The third-order valence-corrected chi connectivity index (χ3v) is 2.55. The summed E-state index contributed by atoms with van der Waals surface area (Å²) in [7, 11) is 0. The SMILES string of the molecule is Cc1nc(-c2cccc(F)c2F)c(=O)[nH]c1C. The summed E-state index contributed by atoms with van der Waals surface area (Å²) in [5.74, 6) is -2.06. The fourth-order valence-corrected chi connectivity index (χ4v) is 1.49. The van der Waals surface area contributed by atoms with Gasteiger partial charge in [-0.25, -0.2) is 13.8 Å². The van der Waals surface area contributed by atoms with Gasteiger partial charge < -0.3 is 4.98 Å². The molecule has 17 heavy (non-hydrogen) atoms. The molecule has 2 aromatic rings. The molecule has 0 spiro atoms. The molecule has 5 heteroatoms. The predicted octanol–water partition coefficient (Wildman–Crippen LogP) is 2.33. The number of hydrogen-bond acceptors (Lipinski definition) is 2. The van der Waals surface area contributed by atoms with Gasteiger partial charge in [0.15, 0.2) is 11.6 Å². The van der Waals surface area contributed by atoms with Crippen LogP contribution in [0.3, 0.4) is 0 Å². The summed E-state index contributed by atoms with van der Waals surface area (Å²) in [6.45, 7) is 3.38. The molecular weight excluding hydrogens is 226 g/mol. The average Bonchev–Trinajstić information content (AvgIpc) is 2.28. The number of hydrogen-bond donors (Lipinski definition) is 1. The van der Waals surface area contributed by atoms with Crippen molar-refractivity contribution in [3.8, 4) is 11.3 Å². The molecule has 0 saturated carbocycles. The van der Waals surface area contributed by atoms with Crippen LogP contribution < -0.4 is 5.56 Å². The lowest BCUT2D eigenvalue weighted by Gasteiger charge is -2.05. The highest BCUT2D eigenvalue weighted by molar-refractivity contribution is 5.59. The van der Waals surface area contributed by atoms with E-state index in [1.165, 1.54) is 12.1 Å². The summed E-state index contributed by atoms with van der Waals surface area (Å²) in [4.78, 5) is 18.2. The Labute approximate surface area is 96.2 Å². The third kappa shape index (κ3) is 1.95. The molecule has 3 nitrogen and oxygen atoms in total. The quantitative estimate of drug-likeness (QED) is 0.826. The largest absolute Gasteiger partial charge is 0.323 e. The van der Waals surface area contributed by atoms with Crippen molar-refractivity contribution in [3.05, 3.63) is 51.6 Å². The fraction of sp³-hybridized carbons (Fsp3) is 0.167. The first-order valence-corrected chi connectivity index (χ1v) is 5.02. The highest BCUT2D eigenvalue weighted by Crippen LogP contribution is 2.20. The van der Waals surface area contributed by atoms with E-state index in [1.807, 2.05) is 0 Å². The van der Waals surface area contributed by atoms with E-state index in [4.69, 9.17) is 0 Å². The molecule has 0 atom stereocenters. The maximum absolute atomic E-state index is 13.5. The highest BCUT2D eigenvalue weighted by atomic mass is 19.2. The minimum atomic E-state index is -1.06. The zero-order valence-corrected chi connectivity index (χ0v) is 9.34. The lowest BCUT2D eigenvalue weighted by Crippen LogP contribution is -2.15. The fourth-order valence-electron chi connectivity index (χ4n) is 1.49. The molecule has 0 aliphatic heterocycles. The monoisotopic (exact) mass is 236 g/mol. The highest BCUT2D eigenvalue weighted by Gasteiger charge is 2.14. The molecule has 0 aliphatic rings. The summed E-state index contributed by atoms with van der Waals surface area (Å²) in [5, 5.41) is 0. The third-order valence-electron chi connectivity index (χ3n) is 2.55. The van der Waals surface area contributed by atoms with Crippen LogP contribution in [-0.2, 0) is 0 Å². The number of H-pyrrole nitrogens is 1. The minimum absolute atomic E-state index is 0.106. The van der Waals surface area contributed by atoms with Crippen LogP contribution in [0.4, 0.5) is 8.78 Å². The van der Waals surface area contributed by atoms with Gasteiger partial charge in [0.25, 0.3) is 5.56 Å². The molecule has 0 unspecified atom stereocenters. The summed E-state index contributed by atoms with van der Waals surface area (Å²) in [6, 6.07) is 3.66. The first kappa shape index (κ1) is 11.4. The van der Waals surface area contributed by atoms with Crippen LogP contribution >= 0.6 is 0 Å². The van der Waals surface area contributed by atoms with Crippen LogP contribution in [0.15, 0.2) is 23.0 Å². The summed E-state index contributed by atoms with van der Waals surface area (Å²) >= 11 is 0. The van der Waals surface area contributed by atoms with Crippen LogP contribution in [0.5, 0.6) is 0 Å². The van der Waals surface area contributed by atoms with Crippen molar-refractivity contribution < 1.29 is 8.78 Å². The van der Waals surface area contributed by atoms with E-state index in [1.54, 1.807) is 13.8 Å². The summed E-state index contributed by atoms with van der Waals surface area (Å²) < 4.78 is 26.6. The minimum Gasteiger partial charge on any atom is -0.323 e.